The Morgan fingerprint density at radius 1 is 1.17 bits per heavy atom. The number of carbonyl (C=O) groups excluding carboxylic acids is 2. The highest BCUT2D eigenvalue weighted by molar-refractivity contribution is 7.09. The molecule has 2 amide bonds. The Hall–Kier alpha value is -3.00. The second-order valence-corrected chi connectivity index (χ2v) is 7.63. The molecule has 3 aromatic rings. The van der Waals surface area contributed by atoms with E-state index in [4.69, 9.17) is 0 Å². The summed E-state index contributed by atoms with van der Waals surface area (Å²) in [4.78, 5) is 25.9. The molecular formula is C21H25N5O2S. The molecule has 0 aliphatic rings. The van der Waals surface area contributed by atoms with Crippen LogP contribution in [0.2, 0.25) is 0 Å². The second-order valence-electron chi connectivity index (χ2n) is 6.60. The van der Waals surface area contributed by atoms with Crippen LogP contribution in [0.1, 0.15) is 40.8 Å². The van der Waals surface area contributed by atoms with E-state index in [-0.39, 0.29) is 11.8 Å². The van der Waals surface area contributed by atoms with Gasteiger partial charge in [-0.1, -0.05) is 12.1 Å². The van der Waals surface area contributed by atoms with E-state index in [2.05, 4.69) is 26.9 Å². The van der Waals surface area contributed by atoms with E-state index in [0.29, 0.717) is 30.6 Å². The number of amides is 2. The van der Waals surface area contributed by atoms with E-state index in [9.17, 15) is 9.59 Å². The topological polar surface area (TPSA) is 88.9 Å². The molecule has 8 heteroatoms. The lowest BCUT2D eigenvalue weighted by Gasteiger charge is -2.09. The number of thiophene rings is 1. The van der Waals surface area contributed by atoms with Crippen LogP contribution in [0.5, 0.6) is 0 Å². The number of nitrogens with one attached hydrogen (secondary N) is 2. The molecule has 2 N–H and O–H groups in total. The molecule has 29 heavy (non-hydrogen) atoms. The fourth-order valence-corrected chi connectivity index (χ4v) is 3.72. The monoisotopic (exact) mass is 411 g/mol. The van der Waals surface area contributed by atoms with E-state index in [0.717, 1.165) is 25.2 Å². The number of benzene rings is 1. The van der Waals surface area contributed by atoms with Gasteiger partial charge in [0, 0.05) is 42.1 Å². The van der Waals surface area contributed by atoms with Crippen molar-refractivity contribution in [2.45, 2.75) is 39.2 Å². The van der Waals surface area contributed by atoms with Crippen LogP contribution in [0.4, 0.5) is 5.69 Å². The predicted molar refractivity (Wildman–Crippen MR) is 114 cm³/mol. The van der Waals surface area contributed by atoms with Gasteiger partial charge < -0.3 is 15.2 Å². The third kappa shape index (κ3) is 6.25. The second kappa shape index (κ2) is 10.5. The summed E-state index contributed by atoms with van der Waals surface area (Å²) in [6.07, 6.45) is 4.45. The van der Waals surface area contributed by atoms with Crippen LogP contribution in [-0.2, 0) is 24.2 Å². The van der Waals surface area contributed by atoms with Gasteiger partial charge in [-0.2, -0.15) is 0 Å². The van der Waals surface area contributed by atoms with Crippen molar-refractivity contribution in [3.05, 3.63) is 64.4 Å². The number of nitrogens with zero attached hydrogens (tertiary/aromatic N) is 3. The average Bonchev–Trinajstić information content (AvgIpc) is 3.40. The lowest BCUT2D eigenvalue weighted by atomic mass is 10.1. The lowest BCUT2D eigenvalue weighted by Crippen LogP contribution is -2.26. The molecule has 0 bridgehead atoms. The molecule has 2 heterocycles. The summed E-state index contributed by atoms with van der Waals surface area (Å²) in [6.45, 7) is 3.29. The van der Waals surface area contributed by atoms with Crippen LogP contribution in [-0.4, -0.2) is 33.1 Å². The van der Waals surface area contributed by atoms with Crippen LogP contribution in [0.15, 0.2) is 48.1 Å². The minimum absolute atomic E-state index is 0.0435. The van der Waals surface area contributed by atoms with Crippen LogP contribution in [0.3, 0.4) is 0 Å². The van der Waals surface area contributed by atoms with Gasteiger partial charge >= 0.3 is 0 Å². The van der Waals surface area contributed by atoms with Gasteiger partial charge in [0.05, 0.1) is 0 Å². The van der Waals surface area contributed by atoms with Gasteiger partial charge in [0.15, 0.2) is 0 Å². The summed E-state index contributed by atoms with van der Waals surface area (Å²) in [6, 6.07) is 11.1. The summed E-state index contributed by atoms with van der Waals surface area (Å²) >= 11 is 1.71. The Morgan fingerprint density at radius 3 is 2.86 bits per heavy atom. The van der Waals surface area contributed by atoms with Crippen LogP contribution >= 0.6 is 11.3 Å². The van der Waals surface area contributed by atoms with Gasteiger partial charge in [0.1, 0.15) is 12.2 Å². The first-order valence-corrected chi connectivity index (χ1v) is 10.6. The van der Waals surface area contributed by atoms with Gasteiger partial charge in [-0.05, 0) is 49.4 Å². The molecule has 0 spiro atoms. The Kier molecular flexibility index (Phi) is 7.52. The number of hydrogen-bond donors (Lipinski definition) is 2. The van der Waals surface area contributed by atoms with Crippen molar-refractivity contribution in [3.63, 3.8) is 0 Å². The molecule has 0 unspecified atom stereocenters. The Labute approximate surface area is 174 Å². The lowest BCUT2D eigenvalue weighted by molar-refractivity contribution is -0.116. The molecule has 0 atom stereocenters. The number of carbonyl (C=O) groups is 2. The van der Waals surface area contributed by atoms with Gasteiger partial charge in [-0.3, -0.25) is 9.59 Å². The van der Waals surface area contributed by atoms with Crippen molar-refractivity contribution in [1.29, 1.82) is 0 Å². The van der Waals surface area contributed by atoms with E-state index < -0.39 is 0 Å². The Balaban J connectivity index is 1.45. The fraction of sp³-hybridized carbons (Fsp3) is 0.333. The SMILES string of the molecule is CCn1cnnc1CCNC(=O)c1cccc(NC(=O)CCCc2cccs2)c1. The van der Waals surface area contributed by atoms with Gasteiger partial charge in [0.25, 0.3) is 5.91 Å². The molecule has 0 saturated heterocycles. The normalized spacial score (nSPS) is 10.7. The first-order chi connectivity index (χ1) is 14.2. The molecule has 152 valence electrons. The van der Waals surface area contributed by atoms with Crippen molar-refractivity contribution in [1.82, 2.24) is 20.1 Å². The molecule has 3 rings (SSSR count). The van der Waals surface area contributed by atoms with Crippen molar-refractivity contribution in [2.75, 3.05) is 11.9 Å². The Morgan fingerprint density at radius 2 is 2.07 bits per heavy atom. The summed E-state index contributed by atoms with van der Waals surface area (Å²) < 4.78 is 1.95. The number of anilines is 1. The number of rotatable bonds is 10. The maximum absolute atomic E-state index is 12.4. The maximum Gasteiger partial charge on any atom is 0.251 e. The van der Waals surface area contributed by atoms with Crippen molar-refractivity contribution >= 4 is 28.8 Å². The van der Waals surface area contributed by atoms with Crippen molar-refractivity contribution in [3.8, 4) is 0 Å². The van der Waals surface area contributed by atoms with E-state index in [1.54, 1.807) is 41.9 Å². The summed E-state index contributed by atoms with van der Waals surface area (Å²) in [7, 11) is 0. The average molecular weight is 412 g/mol. The van der Waals surface area contributed by atoms with Gasteiger partial charge in [-0.15, -0.1) is 21.5 Å². The molecule has 0 saturated carbocycles. The molecule has 2 aromatic heterocycles. The highest BCUT2D eigenvalue weighted by atomic mass is 32.1. The van der Waals surface area contributed by atoms with Crippen molar-refractivity contribution in [2.24, 2.45) is 0 Å². The third-order valence-corrected chi connectivity index (χ3v) is 5.42. The molecule has 0 aliphatic carbocycles. The predicted octanol–water partition coefficient (Wildman–Crippen LogP) is 3.29. The molecular weight excluding hydrogens is 386 g/mol. The minimum Gasteiger partial charge on any atom is -0.352 e. The first-order valence-electron chi connectivity index (χ1n) is 9.73. The smallest absolute Gasteiger partial charge is 0.251 e. The zero-order valence-electron chi connectivity index (χ0n) is 16.4. The highest BCUT2D eigenvalue weighted by Crippen LogP contribution is 2.14. The highest BCUT2D eigenvalue weighted by Gasteiger charge is 2.09. The van der Waals surface area contributed by atoms with Crippen LogP contribution in [0, 0.1) is 0 Å². The van der Waals surface area contributed by atoms with Crippen LogP contribution in [0.25, 0.3) is 0 Å². The molecule has 0 fully saturated rings. The zero-order valence-corrected chi connectivity index (χ0v) is 17.2. The standard InChI is InChI=1S/C21H25N5O2S/c1-2-26-15-23-25-19(26)11-12-22-21(28)16-6-3-7-17(14-16)24-20(27)10-4-8-18-9-5-13-29-18/h3,5-7,9,13-15H,2,4,8,10-12H2,1H3,(H,22,28)(H,24,27). The van der Waals surface area contributed by atoms with Gasteiger partial charge in [0.2, 0.25) is 5.91 Å². The number of aromatic nitrogens is 3. The Bertz CT molecular complexity index is 936. The summed E-state index contributed by atoms with van der Waals surface area (Å²) in [5, 5.41) is 15.7. The quantitative estimate of drug-likeness (QED) is 0.536. The van der Waals surface area contributed by atoms with E-state index in [1.807, 2.05) is 22.9 Å². The molecule has 0 radical (unpaired) electrons. The summed E-state index contributed by atoms with van der Waals surface area (Å²) in [5.74, 6) is 0.621. The minimum atomic E-state index is -0.179. The molecule has 7 nitrogen and oxygen atoms in total. The summed E-state index contributed by atoms with van der Waals surface area (Å²) in [5.41, 5.74) is 1.14. The third-order valence-electron chi connectivity index (χ3n) is 4.49. The van der Waals surface area contributed by atoms with Gasteiger partial charge in [-0.25, -0.2) is 0 Å². The first kappa shape index (κ1) is 20.7. The fourth-order valence-electron chi connectivity index (χ4n) is 2.97. The largest absolute Gasteiger partial charge is 0.352 e. The number of hydrogen-bond acceptors (Lipinski definition) is 5. The number of aryl methyl sites for hydroxylation is 2. The zero-order chi connectivity index (χ0) is 20.5. The maximum atomic E-state index is 12.4. The molecule has 0 aliphatic heterocycles. The van der Waals surface area contributed by atoms with E-state index >= 15 is 0 Å². The van der Waals surface area contributed by atoms with E-state index in [1.165, 1.54) is 4.88 Å². The van der Waals surface area contributed by atoms with Crippen molar-refractivity contribution < 1.29 is 9.59 Å². The van der Waals surface area contributed by atoms with Crippen LogP contribution < -0.4 is 10.6 Å². The molecule has 1 aromatic carbocycles.